The fraction of sp³-hybridized carbons (Fsp3) is 0.143. The van der Waals surface area contributed by atoms with Gasteiger partial charge in [0.25, 0.3) is 8.32 Å². The van der Waals surface area contributed by atoms with Crippen LogP contribution in [0, 0.1) is 0 Å². The molecule has 1 aliphatic heterocycles. The Balaban J connectivity index is 2.13. The van der Waals surface area contributed by atoms with E-state index >= 15 is 0 Å². The normalized spacial score (nSPS) is 26.1. The first-order chi connectivity index (χ1) is 11.6. The van der Waals surface area contributed by atoms with Gasteiger partial charge in [-0.3, -0.25) is 0 Å². The molecule has 3 aromatic carbocycles. The first kappa shape index (κ1) is 13.3. The van der Waals surface area contributed by atoms with Crippen molar-refractivity contribution in [3.63, 3.8) is 0 Å². The zero-order valence-corrected chi connectivity index (χ0v) is 14.4. The molecular formula is C21H20OSi. The summed E-state index contributed by atoms with van der Waals surface area (Å²) in [7, 11) is -0.489. The van der Waals surface area contributed by atoms with Crippen LogP contribution >= 0.6 is 0 Å². The lowest BCUT2D eigenvalue weighted by Gasteiger charge is -2.39. The van der Waals surface area contributed by atoms with Crippen molar-refractivity contribution in [1.29, 1.82) is 0 Å². The zero-order valence-electron chi connectivity index (χ0n) is 14.4. The van der Waals surface area contributed by atoms with Gasteiger partial charge >= 0.3 is 0 Å². The van der Waals surface area contributed by atoms with Crippen molar-refractivity contribution in [3.8, 4) is 0 Å². The molecule has 0 aliphatic carbocycles. The van der Waals surface area contributed by atoms with Gasteiger partial charge in [0.2, 0.25) is 0 Å². The van der Waals surface area contributed by atoms with Crippen LogP contribution in [0.1, 0.15) is 24.0 Å². The molecule has 0 radical (unpaired) electrons. The Morgan fingerprint density at radius 2 is 1.26 bits per heavy atom. The van der Waals surface area contributed by atoms with Gasteiger partial charge in [0.15, 0.2) is 0 Å². The quantitative estimate of drug-likeness (QED) is 0.657. The number of hydrogen-bond donors (Lipinski definition) is 0. The second-order valence-electron chi connectivity index (χ2n) is 6.07. The molecule has 2 heteroatoms. The molecule has 0 fully saturated rings. The van der Waals surface area contributed by atoms with E-state index in [0.717, 1.165) is 16.7 Å². The van der Waals surface area contributed by atoms with Crippen LogP contribution in [0.3, 0.4) is 0 Å². The molecule has 0 unspecified atom stereocenters. The summed E-state index contributed by atoms with van der Waals surface area (Å²) in [4.78, 5) is 0. The number of rotatable bonds is 2. The standard InChI is InChI=1S/C21H20OSi/c1-22-23(2)19-14-8-6-12-17(19)21(16-10-4-3-5-11-16)18-13-7-9-15-20(18)23/h3-15,21H,1-2H3/i21D. The summed E-state index contributed by atoms with van der Waals surface area (Å²) in [5.41, 5.74) is 3.09. The first-order valence-electron chi connectivity index (χ1n) is 8.43. The van der Waals surface area contributed by atoms with Gasteiger partial charge in [-0.15, -0.1) is 0 Å². The first-order valence-corrected chi connectivity index (χ1v) is 10.3. The van der Waals surface area contributed by atoms with Crippen LogP contribution in [0.5, 0.6) is 0 Å². The van der Waals surface area contributed by atoms with Gasteiger partial charge in [-0.25, -0.2) is 0 Å². The molecule has 0 bridgehead atoms. The van der Waals surface area contributed by atoms with E-state index in [1.165, 1.54) is 10.4 Å². The van der Waals surface area contributed by atoms with Crippen LogP contribution < -0.4 is 10.4 Å². The highest BCUT2D eigenvalue weighted by Crippen LogP contribution is 2.35. The second-order valence-corrected chi connectivity index (χ2v) is 9.62. The third-order valence-corrected chi connectivity index (χ3v) is 8.64. The minimum absolute atomic E-state index is 0.903. The van der Waals surface area contributed by atoms with Gasteiger partial charge < -0.3 is 4.43 Å². The topological polar surface area (TPSA) is 9.23 Å². The molecule has 114 valence electrons. The maximum atomic E-state index is 9.54. The summed E-state index contributed by atoms with van der Waals surface area (Å²) >= 11 is 0. The molecule has 0 spiro atoms. The fourth-order valence-corrected chi connectivity index (χ4v) is 6.66. The number of fused-ring (bicyclic) bond motifs is 2. The highest BCUT2D eigenvalue weighted by molar-refractivity contribution is 6.97. The Labute approximate surface area is 140 Å². The molecule has 0 atom stereocenters. The summed E-state index contributed by atoms with van der Waals surface area (Å²) in [6.45, 7) is 2.23. The van der Waals surface area contributed by atoms with Gasteiger partial charge in [0.05, 0.1) is 0 Å². The molecule has 4 rings (SSSR count). The Morgan fingerprint density at radius 3 is 1.78 bits per heavy atom. The minimum atomic E-state index is -2.29. The van der Waals surface area contributed by atoms with Gasteiger partial charge in [-0.2, -0.15) is 0 Å². The monoisotopic (exact) mass is 317 g/mol. The van der Waals surface area contributed by atoms with E-state index in [0.29, 0.717) is 0 Å². The van der Waals surface area contributed by atoms with Crippen molar-refractivity contribution in [3.05, 3.63) is 95.6 Å². The highest BCUT2D eigenvalue weighted by atomic mass is 28.4. The Bertz CT molecular complexity index is 844. The Morgan fingerprint density at radius 1 is 0.783 bits per heavy atom. The van der Waals surface area contributed by atoms with Crippen LogP contribution in [0.15, 0.2) is 78.9 Å². The Hall–Kier alpha value is -2.16. The molecule has 3 aromatic rings. The van der Waals surface area contributed by atoms with Crippen molar-refractivity contribution in [2.24, 2.45) is 0 Å². The molecule has 23 heavy (non-hydrogen) atoms. The van der Waals surface area contributed by atoms with E-state index < -0.39 is 14.2 Å². The van der Waals surface area contributed by atoms with Crippen molar-refractivity contribution < 1.29 is 5.80 Å². The second kappa shape index (κ2) is 5.48. The van der Waals surface area contributed by atoms with Gasteiger partial charge in [0, 0.05) is 14.4 Å². The molecule has 0 aromatic heterocycles. The van der Waals surface area contributed by atoms with Crippen LogP contribution in [-0.4, -0.2) is 15.4 Å². The van der Waals surface area contributed by atoms with Crippen LogP contribution in [0.4, 0.5) is 0 Å². The van der Waals surface area contributed by atoms with Crippen LogP contribution in [-0.2, 0) is 4.43 Å². The molecule has 0 N–H and O–H groups in total. The number of benzene rings is 3. The molecule has 0 amide bonds. The maximum absolute atomic E-state index is 9.54. The van der Waals surface area contributed by atoms with Gasteiger partial charge in [-0.1, -0.05) is 78.9 Å². The predicted molar refractivity (Wildman–Crippen MR) is 98.2 cm³/mol. The molecule has 0 saturated carbocycles. The summed E-state index contributed by atoms with van der Waals surface area (Å²) in [6.07, 6.45) is 0. The lowest BCUT2D eigenvalue weighted by Crippen LogP contribution is -2.63. The smallest absolute Gasteiger partial charge is 0.252 e. The van der Waals surface area contributed by atoms with Crippen molar-refractivity contribution in [2.75, 3.05) is 7.11 Å². The van der Waals surface area contributed by atoms with Gasteiger partial charge in [-0.05, 0) is 33.6 Å². The molecule has 1 aliphatic rings. The zero-order chi connectivity index (χ0) is 16.8. The largest absolute Gasteiger partial charge is 0.411 e. The predicted octanol–water partition coefficient (Wildman–Crippen LogP) is 3.52. The molecule has 0 saturated heterocycles. The minimum Gasteiger partial charge on any atom is -0.411 e. The van der Waals surface area contributed by atoms with Crippen molar-refractivity contribution >= 4 is 18.7 Å². The summed E-state index contributed by atoms with van der Waals surface area (Å²) in [5, 5.41) is 2.40. The lowest BCUT2D eigenvalue weighted by atomic mass is 9.84. The van der Waals surface area contributed by atoms with Crippen LogP contribution in [0.25, 0.3) is 0 Å². The van der Waals surface area contributed by atoms with E-state index in [9.17, 15) is 1.37 Å². The third-order valence-electron chi connectivity index (χ3n) is 4.89. The van der Waals surface area contributed by atoms with Crippen molar-refractivity contribution in [1.82, 2.24) is 0 Å². The highest BCUT2D eigenvalue weighted by Gasteiger charge is 2.43. The summed E-state index contributed by atoms with van der Waals surface area (Å²) < 4.78 is 15.7. The van der Waals surface area contributed by atoms with E-state index in [1.54, 1.807) is 7.11 Å². The van der Waals surface area contributed by atoms with E-state index in [-0.39, 0.29) is 0 Å². The SMILES string of the molecule is [2H]C1(c2ccccc2)c2ccccc2[Si](C)(OC)c2ccccc21. The Kier molecular flexibility index (Phi) is 3.17. The van der Waals surface area contributed by atoms with Crippen molar-refractivity contribution in [2.45, 2.75) is 12.4 Å². The van der Waals surface area contributed by atoms with Crippen LogP contribution in [0.2, 0.25) is 6.55 Å². The molecule has 1 heterocycles. The molecular weight excluding hydrogens is 296 g/mol. The van der Waals surface area contributed by atoms with E-state index in [2.05, 4.69) is 55.1 Å². The van der Waals surface area contributed by atoms with E-state index in [4.69, 9.17) is 4.43 Å². The summed E-state index contributed by atoms with van der Waals surface area (Å²) in [6, 6.07) is 26.8. The maximum Gasteiger partial charge on any atom is 0.252 e. The average Bonchev–Trinajstić information content (AvgIpc) is 2.67. The lowest BCUT2D eigenvalue weighted by molar-refractivity contribution is 0.420. The third kappa shape index (κ3) is 2.10. The average molecular weight is 317 g/mol. The fourth-order valence-electron chi connectivity index (χ4n) is 3.66. The van der Waals surface area contributed by atoms with E-state index in [1.807, 2.05) is 30.3 Å². The summed E-state index contributed by atoms with van der Waals surface area (Å²) in [5.74, 6) is -0.903. The van der Waals surface area contributed by atoms with Gasteiger partial charge in [0.1, 0.15) is 0 Å². The number of hydrogen-bond acceptors (Lipinski definition) is 1. The molecule has 1 nitrogen and oxygen atoms in total.